The first-order chi connectivity index (χ1) is 7.67. The number of ether oxygens (including phenoxy) is 1. The number of amides is 1. The van der Waals surface area contributed by atoms with Gasteiger partial charge in [-0.25, -0.2) is 0 Å². The van der Waals surface area contributed by atoms with Crippen LogP contribution in [0.15, 0.2) is 16.6 Å². The van der Waals surface area contributed by atoms with E-state index in [9.17, 15) is 4.79 Å². The van der Waals surface area contributed by atoms with Crippen molar-refractivity contribution >= 4 is 21.8 Å². The Morgan fingerprint density at radius 2 is 2.31 bits per heavy atom. The van der Waals surface area contributed by atoms with Gasteiger partial charge in [-0.15, -0.1) is 0 Å². The number of rotatable bonds is 2. The molecule has 1 amide bonds. The third-order valence-electron chi connectivity index (χ3n) is 2.94. The van der Waals surface area contributed by atoms with E-state index < -0.39 is 0 Å². The van der Waals surface area contributed by atoms with Crippen LogP contribution in [0, 0.1) is 0 Å². The molecule has 1 unspecified atom stereocenters. The summed E-state index contributed by atoms with van der Waals surface area (Å²) in [5.74, 6) is 0.783. The highest BCUT2D eigenvalue weighted by Gasteiger charge is 2.27. The summed E-state index contributed by atoms with van der Waals surface area (Å²) in [5.41, 5.74) is 1.72. The summed E-state index contributed by atoms with van der Waals surface area (Å²) in [7, 11) is 1.64. The molecule has 0 aromatic heterocycles. The molecule has 1 N–H and O–H groups in total. The van der Waals surface area contributed by atoms with E-state index in [2.05, 4.69) is 28.2 Å². The summed E-state index contributed by atoms with van der Waals surface area (Å²) in [5, 5.41) is 2.99. The highest BCUT2D eigenvalue weighted by atomic mass is 79.9. The van der Waals surface area contributed by atoms with E-state index in [1.807, 2.05) is 12.1 Å². The Morgan fingerprint density at radius 1 is 1.56 bits per heavy atom. The molecule has 0 aliphatic carbocycles. The minimum atomic E-state index is -0.0149. The number of benzene rings is 1. The van der Waals surface area contributed by atoms with E-state index in [4.69, 9.17) is 4.74 Å². The molecule has 0 saturated carbocycles. The van der Waals surface area contributed by atoms with Crippen molar-refractivity contribution in [1.29, 1.82) is 0 Å². The van der Waals surface area contributed by atoms with Crippen molar-refractivity contribution in [3.8, 4) is 5.75 Å². The average molecular weight is 284 g/mol. The lowest BCUT2D eigenvalue weighted by Crippen LogP contribution is -2.41. The summed E-state index contributed by atoms with van der Waals surface area (Å²) in [6.07, 6.45) is 1.76. The van der Waals surface area contributed by atoms with Gasteiger partial charge in [-0.1, -0.05) is 6.92 Å². The molecule has 2 rings (SSSR count). The average Bonchev–Trinajstić information content (AvgIpc) is 2.28. The van der Waals surface area contributed by atoms with Crippen LogP contribution >= 0.6 is 15.9 Å². The van der Waals surface area contributed by atoms with Crippen LogP contribution in [-0.2, 0) is 6.42 Å². The fraction of sp³-hybridized carbons (Fsp3) is 0.417. The molecule has 0 spiro atoms. The first-order valence-electron chi connectivity index (χ1n) is 5.33. The fourth-order valence-electron chi connectivity index (χ4n) is 2.04. The van der Waals surface area contributed by atoms with Crippen molar-refractivity contribution < 1.29 is 9.53 Å². The predicted octanol–water partition coefficient (Wildman–Crippen LogP) is 2.52. The summed E-state index contributed by atoms with van der Waals surface area (Å²) >= 11 is 3.41. The van der Waals surface area contributed by atoms with Crippen molar-refractivity contribution in [2.45, 2.75) is 25.8 Å². The topological polar surface area (TPSA) is 38.3 Å². The van der Waals surface area contributed by atoms with Gasteiger partial charge in [0.1, 0.15) is 5.75 Å². The minimum Gasteiger partial charge on any atom is -0.496 e. The Kier molecular flexibility index (Phi) is 3.19. The Balaban J connectivity index is 2.54. The van der Waals surface area contributed by atoms with Crippen LogP contribution in [0.3, 0.4) is 0 Å². The molecule has 0 radical (unpaired) electrons. The molecule has 1 heterocycles. The van der Waals surface area contributed by atoms with Crippen LogP contribution in [-0.4, -0.2) is 19.1 Å². The number of hydrogen-bond donors (Lipinski definition) is 1. The monoisotopic (exact) mass is 283 g/mol. The maximum absolute atomic E-state index is 11.9. The Hall–Kier alpha value is -1.03. The van der Waals surface area contributed by atoms with Gasteiger partial charge >= 0.3 is 0 Å². The van der Waals surface area contributed by atoms with Crippen LogP contribution in [0.5, 0.6) is 5.75 Å². The van der Waals surface area contributed by atoms with Gasteiger partial charge in [0.2, 0.25) is 0 Å². The Morgan fingerprint density at radius 3 is 2.94 bits per heavy atom. The number of fused-ring (bicyclic) bond motifs is 1. The third kappa shape index (κ3) is 1.82. The molecule has 4 heteroatoms. The molecule has 0 saturated heterocycles. The highest BCUT2D eigenvalue weighted by molar-refractivity contribution is 9.10. The molecule has 86 valence electrons. The SMILES string of the molecule is CCC1Cc2c(OC)ccc(Br)c2C(=O)N1. The van der Waals surface area contributed by atoms with Crippen molar-refractivity contribution in [2.24, 2.45) is 0 Å². The number of nitrogens with one attached hydrogen (secondary N) is 1. The highest BCUT2D eigenvalue weighted by Crippen LogP contribution is 2.32. The first kappa shape index (κ1) is 11.5. The molecule has 0 fully saturated rings. The molecule has 3 nitrogen and oxygen atoms in total. The van der Waals surface area contributed by atoms with Gasteiger partial charge in [-0.3, -0.25) is 4.79 Å². The Labute approximate surface area is 103 Å². The maximum atomic E-state index is 11.9. The summed E-state index contributed by atoms with van der Waals surface area (Å²) in [6, 6.07) is 3.96. The van der Waals surface area contributed by atoms with Crippen LogP contribution in [0.1, 0.15) is 29.3 Å². The zero-order chi connectivity index (χ0) is 11.7. The van der Waals surface area contributed by atoms with E-state index in [1.165, 1.54) is 0 Å². The van der Waals surface area contributed by atoms with Crippen molar-refractivity contribution in [1.82, 2.24) is 5.32 Å². The quantitative estimate of drug-likeness (QED) is 0.906. The smallest absolute Gasteiger partial charge is 0.253 e. The second-order valence-corrected chi connectivity index (χ2v) is 4.74. The van der Waals surface area contributed by atoms with Gasteiger partial charge in [-0.2, -0.15) is 0 Å². The summed E-state index contributed by atoms with van der Waals surface area (Å²) < 4.78 is 6.14. The molecule has 1 aliphatic heterocycles. The number of methoxy groups -OCH3 is 1. The summed E-state index contributed by atoms with van der Waals surface area (Å²) in [6.45, 7) is 2.07. The van der Waals surface area contributed by atoms with Crippen LogP contribution in [0.4, 0.5) is 0 Å². The zero-order valence-corrected chi connectivity index (χ0v) is 10.9. The van der Waals surface area contributed by atoms with Gasteiger partial charge in [0.05, 0.1) is 12.7 Å². The largest absolute Gasteiger partial charge is 0.496 e. The van der Waals surface area contributed by atoms with E-state index in [1.54, 1.807) is 7.11 Å². The molecule has 16 heavy (non-hydrogen) atoms. The second-order valence-electron chi connectivity index (χ2n) is 3.89. The third-order valence-corrected chi connectivity index (χ3v) is 3.61. The van der Waals surface area contributed by atoms with Gasteiger partial charge in [0.25, 0.3) is 5.91 Å². The van der Waals surface area contributed by atoms with Crippen molar-refractivity contribution in [3.63, 3.8) is 0 Å². The van der Waals surface area contributed by atoms with E-state index >= 15 is 0 Å². The first-order valence-corrected chi connectivity index (χ1v) is 6.12. The van der Waals surface area contributed by atoms with Crippen LogP contribution in [0.2, 0.25) is 0 Å². The predicted molar refractivity (Wildman–Crippen MR) is 65.9 cm³/mol. The summed E-state index contributed by atoms with van der Waals surface area (Å²) in [4.78, 5) is 11.9. The molecule has 1 aliphatic rings. The zero-order valence-electron chi connectivity index (χ0n) is 9.34. The second kappa shape index (κ2) is 4.45. The fourth-order valence-corrected chi connectivity index (χ4v) is 2.59. The molecule has 1 aromatic rings. The van der Waals surface area contributed by atoms with Gasteiger partial charge in [-0.05, 0) is 40.9 Å². The standard InChI is InChI=1S/C12H14BrNO2/c1-3-7-6-8-10(16-2)5-4-9(13)11(8)12(15)14-7/h4-5,7H,3,6H2,1-2H3,(H,14,15). The van der Waals surface area contributed by atoms with Crippen LogP contribution in [0.25, 0.3) is 0 Å². The number of carbonyl (C=O) groups is 1. The number of carbonyl (C=O) groups excluding carboxylic acids is 1. The molecule has 1 atom stereocenters. The Bertz CT molecular complexity index is 431. The van der Waals surface area contributed by atoms with E-state index in [0.717, 1.165) is 28.6 Å². The lowest BCUT2D eigenvalue weighted by Gasteiger charge is -2.26. The van der Waals surface area contributed by atoms with Crippen molar-refractivity contribution in [2.75, 3.05) is 7.11 Å². The van der Waals surface area contributed by atoms with Gasteiger partial charge in [0, 0.05) is 16.1 Å². The van der Waals surface area contributed by atoms with E-state index in [0.29, 0.717) is 5.56 Å². The molecule has 0 bridgehead atoms. The normalized spacial score (nSPS) is 18.9. The molecular weight excluding hydrogens is 270 g/mol. The van der Waals surface area contributed by atoms with Gasteiger partial charge in [0.15, 0.2) is 0 Å². The van der Waals surface area contributed by atoms with Crippen molar-refractivity contribution in [3.05, 3.63) is 27.7 Å². The lowest BCUT2D eigenvalue weighted by molar-refractivity contribution is 0.0922. The van der Waals surface area contributed by atoms with E-state index in [-0.39, 0.29) is 11.9 Å². The maximum Gasteiger partial charge on any atom is 0.253 e. The lowest BCUT2D eigenvalue weighted by atomic mass is 9.93. The minimum absolute atomic E-state index is 0.0149. The van der Waals surface area contributed by atoms with Crippen LogP contribution < -0.4 is 10.1 Å². The van der Waals surface area contributed by atoms with Gasteiger partial charge < -0.3 is 10.1 Å². The molecule has 1 aromatic carbocycles. The molecular formula is C12H14BrNO2. The number of hydrogen-bond acceptors (Lipinski definition) is 2. The number of halogens is 1.